The van der Waals surface area contributed by atoms with Crippen LogP contribution >= 0.6 is 11.6 Å². The van der Waals surface area contributed by atoms with E-state index < -0.39 is 0 Å². The highest BCUT2D eigenvalue weighted by atomic mass is 35.5. The summed E-state index contributed by atoms with van der Waals surface area (Å²) in [6.45, 7) is 1.27. The molecule has 5 nitrogen and oxygen atoms in total. The van der Waals surface area contributed by atoms with E-state index in [2.05, 4.69) is 4.98 Å². The summed E-state index contributed by atoms with van der Waals surface area (Å²) in [5.41, 5.74) is 0. The minimum Gasteiger partial charge on any atom is -0.487 e. The van der Waals surface area contributed by atoms with E-state index >= 15 is 0 Å². The molecule has 1 aliphatic rings. The van der Waals surface area contributed by atoms with Crippen molar-refractivity contribution in [2.24, 2.45) is 0 Å². The van der Waals surface area contributed by atoms with Crippen LogP contribution in [0.1, 0.15) is 18.6 Å². The Bertz CT molecular complexity index is 685. The van der Waals surface area contributed by atoms with E-state index in [9.17, 15) is 4.79 Å². The molecular weight excluding hydrogens is 316 g/mol. The molecule has 1 saturated heterocycles. The van der Waals surface area contributed by atoms with E-state index in [4.69, 9.17) is 20.8 Å². The fourth-order valence-corrected chi connectivity index (χ4v) is 2.68. The third-order valence-corrected chi connectivity index (χ3v) is 3.94. The lowest BCUT2D eigenvalue weighted by Crippen LogP contribution is -2.43. The summed E-state index contributed by atoms with van der Waals surface area (Å²) in [6.07, 6.45) is 9.69. The van der Waals surface area contributed by atoms with Gasteiger partial charge < -0.3 is 14.1 Å². The van der Waals surface area contributed by atoms with Crippen LogP contribution in [0.15, 0.2) is 47.3 Å². The van der Waals surface area contributed by atoms with Gasteiger partial charge in [0.2, 0.25) is 5.91 Å². The van der Waals surface area contributed by atoms with Gasteiger partial charge in [0, 0.05) is 31.1 Å². The zero-order valence-corrected chi connectivity index (χ0v) is 13.3. The summed E-state index contributed by atoms with van der Waals surface area (Å²) < 4.78 is 11.1. The van der Waals surface area contributed by atoms with Gasteiger partial charge in [-0.25, -0.2) is 0 Å². The van der Waals surface area contributed by atoms with Gasteiger partial charge in [-0.15, -0.1) is 0 Å². The third kappa shape index (κ3) is 4.13. The monoisotopic (exact) mass is 332 g/mol. The van der Waals surface area contributed by atoms with Crippen LogP contribution in [-0.2, 0) is 4.79 Å². The number of aromatic nitrogens is 1. The quantitative estimate of drug-likeness (QED) is 0.805. The van der Waals surface area contributed by atoms with Crippen molar-refractivity contribution < 1.29 is 13.9 Å². The van der Waals surface area contributed by atoms with Crippen LogP contribution in [0.25, 0.3) is 6.08 Å². The van der Waals surface area contributed by atoms with Crippen molar-refractivity contribution in [3.63, 3.8) is 0 Å². The zero-order valence-electron chi connectivity index (χ0n) is 12.5. The lowest BCUT2D eigenvalue weighted by molar-refractivity contribution is -0.128. The van der Waals surface area contributed by atoms with E-state index in [0.717, 1.165) is 19.4 Å². The number of piperidine rings is 1. The fourth-order valence-electron chi connectivity index (χ4n) is 2.52. The first-order valence-electron chi connectivity index (χ1n) is 7.49. The molecule has 0 spiro atoms. The number of furan rings is 1. The van der Waals surface area contributed by atoms with Crippen molar-refractivity contribution in [1.29, 1.82) is 0 Å². The number of halogens is 1. The minimum absolute atomic E-state index is 0.0458. The number of rotatable bonds is 4. The van der Waals surface area contributed by atoms with Gasteiger partial charge in [0.05, 0.1) is 12.8 Å². The average molecular weight is 333 g/mol. The van der Waals surface area contributed by atoms with E-state index in [1.165, 1.54) is 6.08 Å². The van der Waals surface area contributed by atoms with Gasteiger partial charge in [0.1, 0.15) is 22.6 Å². The Balaban J connectivity index is 1.59. The molecule has 1 atom stereocenters. The molecule has 2 aromatic heterocycles. The second kappa shape index (κ2) is 7.33. The van der Waals surface area contributed by atoms with Crippen molar-refractivity contribution >= 4 is 23.6 Å². The summed E-state index contributed by atoms with van der Waals surface area (Å²) in [7, 11) is 0. The third-order valence-electron chi connectivity index (χ3n) is 3.65. The molecule has 6 heteroatoms. The summed E-state index contributed by atoms with van der Waals surface area (Å²) in [4.78, 5) is 18.0. The number of likely N-dealkylation sites (tertiary alicyclic amines) is 1. The molecule has 2 aromatic rings. The van der Waals surface area contributed by atoms with Gasteiger partial charge in [-0.1, -0.05) is 11.6 Å². The van der Waals surface area contributed by atoms with Crippen molar-refractivity contribution in [2.45, 2.75) is 18.9 Å². The molecular formula is C17H17ClN2O3. The molecule has 0 bridgehead atoms. The predicted molar refractivity (Wildman–Crippen MR) is 87.2 cm³/mol. The maximum absolute atomic E-state index is 12.3. The molecule has 23 heavy (non-hydrogen) atoms. The number of pyridine rings is 1. The molecule has 0 aliphatic carbocycles. The fraction of sp³-hybridized carbons (Fsp3) is 0.294. The van der Waals surface area contributed by atoms with Crippen molar-refractivity contribution in [3.05, 3.63) is 53.7 Å². The maximum atomic E-state index is 12.3. The smallest absolute Gasteiger partial charge is 0.246 e. The first kappa shape index (κ1) is 15.6. The largest absolute Gasteiger partial charge is 0.487 e. The Hall–Kier alpha value is -2.27. The molecule has 0 aromatic carbocycles. The van der Waals surface area contributed by atoms with Crippen molar-refractivity contribution in [3.8, 4) is 5.75 Å². The van der Waals surface area contributed by atoms with Gasteiger partial charge in [0.25, 0.3) is 0 Å². The molecule has 0 N–H and O–H groups in total. The Labute approximate surface area is 139 Å². The standard InChI is InChI=1S/C17H17ClN2O3/c18-15-11-19-8-7-16(15)23-14-3-1-9-20(12-14)17(21)6-5-13-4-2-10-22-13/h2,4-8,10-11,14H,1,3,9,12H2/b6-5+. The van der Waals surface area contributed by atoms with E-state index in [-0.39, 0.29) is 12.0 Å². The number of carbonyl (C=O) groups excluding carboxylic acids is 1. The number of hydrogen-bond donors (Lipinski definition) is 0. The molecule has 0 radical (unpaired) electrons. The van der Waals surface area contributed by atoms with E-state index in [1.54, 1.807) is 47.8 Å². The first-order valence-corrected chi connectivity index (χ1v) is 7.87. The highest BCUT2D eigenvalue weighted by Gasteiger charge is 2.24. The summed E-state index contributed by atoms with van der Waals surface area (Å²) in [5, 5.41) is 0.480. The SMILES string of the molecule is O=C(/C=C/c1ccco1)N1CCCC(Oc2ccncc2Cl)C1. The van der Waals surface area contributed by atoms with Crippen LogP contribution in [0.4, 0.5) is 0 Å². The summed E-state index contributed by atoms with van der Waals surface area (Å²) in [6, 6.07) is 5.32. The van der Waals surface area contributed by atoms with Gasteiger partial charge >= 0.3 is 0 Å². The second-order valence-electron chi connectivity index (χ2n) is 5.32. The van der Waals surface area contributed by atoms with E-state index in [0.29, 0.717) is 23.1 Å². The molecule has 120 valence electrons. The zero-order chi connectivity index (χ0) is 16.1. The number of carbonyl (C=O) groups is 1. The van der Waals surface area contributed by atoms with Crippen LogP contribution in [0.2, 0.25) is 5.02 Å². The van der Waals surface area contributed by atoms with Gasteiger partial charge in [-0.2, -0.15) is 0 Å². The highest BCUT2D eigenvalue weighted by molar-refractivity contribution is 6.31. The summed E-state index contributed by atoms with van der Waals surface area (Å²) >= 11 is 6.06. The highest BCUT2D eigenvalue weighted by Crippen LogP contribution is 2.25. The van der Waals surface area contributed by atoms with Gasteiger partial charge in [0.15, 0.2) is 0 Å². The van der Waals surface area contributed by atoms with Crippen LogP contribution < -0.4 is 4.74 Å². The Kier molecular flexibility index (Phi) is 4.98. The predicted octanol–water partition coefficient (Wildman–Crippen LogP) is 3.41. The number of hydrogen-bond acceptors (Lipinski definition) is 4. The molecule has 1 aliphatic heterocycles. The molecule has 1 amide bonds. The molecule has 0 saturated carbocycles. The number of nitrogens with zero attached hydrogens (tertiary/aromatic N) is 2. The van der Waals surface area contributed by atoms with Gasteiger partial charge in [-0.3, -0.25) is 9.78 Å². The first-order chi connectivity index (χ1) is 11.2. The Morgan fingerprint density at radius 3 is 3.17 bits per heavy atom. The lowest BCUT2D eigenvalue weighted by atomic mass is 10.1. The lowest BCUT2D eigenvalue weighted by Gasteiger charge is -2.32. The van der Waals surface area contributed by atoms with Gasteiger partial charge in [-0.05, 0) is 31.1 Å². The molecule has 3 heterocycles. The minimum atomic E-state index is -0.0652. The molecule has 1 fully saturated rings. The van der Waals surface area contributed by atoms with Crippen molar-refractivity contribution in [2.75, 3.05) is 13.1 Å². The Morgan fingerprint density at radius 1 is 1.48 bits per heavy atom. The normalized spacial score (nSPS) is 18.3. The number of ether oxygens (including phenoxy) is 1. The van der Waals surface area contributed by atoms with E-state index in [1.807, 2.05) is 0 Å². The molecule has 3 rings (SSSR count). The second-order valence-corrected chi connectivity index (χ2v) is 5.73. The molecule has 1 unspecified atom stereocenters. The van der Waals surface area contributed by atoms with Crippen LogP contribution in [0.3, 0.4) is 0 Å². The maximum Gasteiger partial charge on any atom is 0.246 e. The number of amides is 1. The van der Waals surface area contributed by atoms with Crippen LogP contribution in [-0.4, -0.2) is 35.0 Å². The van der Waals surface area contributed by atoms with Crippen LogP contribution in [0.5, 0.6) is 5.75 Å². The average Bonchev–Trinajstić information content (AvgIpc) is 3.08. The Morgan fingerprint density at radius 2 is 2.39 bits per heavy atom. The summed E-state index contributed by atoms with van der Waals surface area (Å²) in [5.74, 6) is 1.22. The topological polar surface area (TPSA) is 55.6 Å². The van der Waals surface area contributed by atoms with Crippen molar-refractivity contribution in [1.82, 2.24) is 9.88 Å². The van der Waals surface area contributed by atoms with Crippen LogP contribution in [0, 0.1) is 0 Å².